The van der Waals surface area contributed by atoms with E-state index >= 15 is 0 Å². The smallest absolute Gasteiger partial charge is 0.315 e. The van der Waals surface area contributed by atoms with Gasteiger partial charge in [0.15, 0.2) is 0 Å². The molecule has 1 fully saturated rings. The molecule has 0 spiro atoms. The number of carbonyl (C=O) groups excluding carboxylic acids is 2. The van der Waals surface area contributed by atoms with Gasteiger partial charge in [0.25, 0.3) is 0 Å². The van der Waals surface area contributed by atoms with E-state index in [0.29, 0.717) is 13.1 Å². The van der Waals surface area contributed by atoms with Gasteiger partial charge in [-0.2, -0.15) is 0 Å². The van der Waals surface area contributed by atoms with Crippen LogP contribution in [-0.2, 0) is 11.3 Å². The Morgan fingerprint density at radius 3 is 2.62 bits per heavy atom. The molecule has 7 heteroatoms. The molecule has 6 nitrogen and oxygen atoms in total. The molecule has 0 saturated carbocycles. The molecule has 0 atom stereocenters. The maximum Gasteiger partial charge on any atom is 0.315 e. The number of rotatable bonds is 5. The zero-order valence-electron chi connectivity index (χ0n) is 12.3. The van der Waals surface area contributed by atoms with E-state index in [1.807, 2.05) is 22.4 Å². The second kappa shape index (κ2) is 7.99. The van der Waals surface area contributed by atoms with Crippen molar-refractivity contribution in [1.29, 1.82) is 0 Å². The lowest BCUT2D eigenvalue weighted by atomic mass is 10.3. The third-order valence-corrected chi connectivity index (χ3v) is 4.41. The number of nitrogens with one attached hydrogen (secondary N) is 2. The van der Waals surface area contributed by atoms with Gasteiger partial charge in [0.1, 0.15) is 0 Å². The van der Waals surface area contributed by atoms with Gasteiger partial charge in [-0.25, -0.2) is 4.79 Å². The standard InChI is InChI=1S/C14H22N4O2S/c1-12(19)18-8-6-17(7-9-18)5-4-15-14(20)16-11-13-3-2-10-21-13/h2-3,10H,4-9,11H2,1H3,(H2,15,16,20). The molecule has 2 rings (SSSR count). The summed E-state index contributed by atoms with van der Waals surface area (Å²) in [7, 11) is 0. The number of carbonyl (C=O) groups is 2. The van der Waals surface area contributed by atoms with Gasteiger partial charge in [-0.3, -0.25) is 9.69 Å². The Bertz CT molecular complexity index is 456. The van der Waals surface area contributed by atoms with Gasteiger partial charge in [0, 0.05) is 51.1 Å². The number of nitrogens with zero attached hydrogens (tertiary/aromatic N) is 2. The molecule has 2 heterocycles. The summed E-state index contributed by atoms with van der Waals surface area (Å²) in [6, 6.07) is 3.84. The minimum absolute atomic E-state index is 0.134. The largest absolute Gasteiger partial charge is 0.340 e. The molecular formula is C14H22N4O2S. The molecule has 1 aromatic heterocycles. The van der Waals surface area contributed by atoms with Crippen LogP contribution >= 0.6 is 11.3 Å². The molecule has 0 bridgehead atoms. The Kier molecular flexibility index (Phi) is 6.01. The summed E-state index contributed by atoms with van der Waals surface area (Å²) < 4.78 is 0. The fraction of sp³-hybridized carbons (Fsp3) is 0.571. The summed E-state index contributed by atoms with van der Waals surface area (Å²) in [6.07, 6.45) is 0. The third-order valence-electron chi connectivity index (χ3n) is 3.53. The van der Waals surface area contributed by atoms with Crippen LogP contribution in [0.2, 0.25) is 0 Å². The third kappa shape index (κ3) is 5.35. The van der Waals surface area contributed by atoms with Crippen molar-refractivity contribution < 1.29 is 9.59 Å². The normalized spacial score (nSPS) is 15.8. The van der Waals surface area contributed by atoms with Crippen LogP contribution in [0.15, 0.2) is 17.5 Å². The Morgan fingerprint density at radius 2 is 2.00 bits per heavy atom. The first-order valence-electron chi connectivity index (χ1n) is 7.17. The Labute approximate surface area is 129 Å². The lowest BCUT2D eigenvalue weighted by molar-refractivity contribution is -0.130. The summed E-state index contributed by atoms with van der Waals surface area (Å²) in [5.74, 6) is 0.140. The zero-order valence-corrected chi connectivity index (χ0v) is 13.1. The van der Waals surface area contributed by atoms with Crippen molar-refractivity contribution in [3.8, 4) is 0 Å². The first kappa shape index (κ1) is 15.8. The molecule has 1 aliphatic rings. The maximum atomic E-state index is 11.6. The minimum atomic E-state index is -0.134. The molecule has 1 aliphatic heterocycles. The molecule has 0 aromatic carbocycles. The first-order chi connectivity index (χ1) is 10.1. The maximum absolute atomic E-state index is 11.6. The molecule has 3 amide bonds. The van der Waals surface area contributed by atoms with Crippen LogP contribution in [0.1, 0.15) is 11.8 Å². The summed E-state index contributed by atoms with van der Waals surface area (Å²) in [6.45, 7) is 6.92. The van der Waals surface area contributed by atoms with Crippen molar-refractivity contribution in [2.75, 3.05) is 39.3 Å². The summed E-state index contributed by atoms with van der Waals surface area (Å²) in [5, 5.41) is 7.69. The zero-order chi connectivity index (χ0) is 15.1. The van der Waals surface area contributed by atoms with Crippen LogP contribution < -0.4 is 10.6 Å². The van der Waals surface area contributed by atoms with E-state index in [9.17, 15) is 9.59 Å². The molecule has 2 N–H and O–H groups in total. The molecule has 0 aliphatic carbocycles. The number of amides is 3. The van der Waals surface area contributed by atoms with Gasteiger partial charge in [-0.05, 0) is 11.4 Å². The fourth-order valence-electron chi connectivity index (χ4n) is 2.26. The molecule has 0 unspecified atom stereocenters. The highest BCUT2D eigenvalue weighted by atomic mass is 32.1. The van der Waals surface area contributed by atoms with E-state index < -0.39 is 0 Å². The molecular weight excluding hydrogens is 288 g/mol. The topological polar surface area (TPSA) is 64.7 Å². The second-order valence-corrected chi connectivity index (χ2v) is 6.07. The number of hydrogen-bond donors (Lipinski definition) is 2. The summed E-state index contributed by atoms with van der Waals surface area (Å²) in [5.41, 5.74) is 0. The molecule has 1 saturated heterocycles. The van der Waals surface area contributed by atoms with Gasteiger partial charge in [0.05, 0.1) is 6.54 Å². The van der Waals surface area contributed by atoms with Crippen molar-refractivity contribution in [2.24, 2.45) is 0 Å². The van der Waals surface area contributed by atoms with Gasteiger partial charge in [-0.1, -0.05) is 6.07 Å². The lowest BCUT2D eigenvalue weighted by Gasteiger charge is -2.34. The van der Waals surface area contributed by atoms with E-state index in [1.54, 1.807) is 18.3 Å². The van der Waals surface area contributed by atoms with Gasteiger partial charge < -0.3 is 15.5 Å². The van der Waals surface area contributed by atoms with Crippen molar-refractivity contribution in [2.45, 2.75) is 13.5 Å². The van der Waals surface area contributed by atoms with Crippen LogP contribution in [0.4, 0.5) is 4.79 Å². The van der Waals surface area contributed by atoms with E-state index in [-0.39, 0.29) is 11.9 Å². The average Bonchev–Trinajstić information content (AvgIpc) is 2.99. The van der Waals surface area contributed by atoms with Crippen LogP contribution in [0.5, 0.6) is 0 Å². The van der Waals surface area contributed by atoms with E-state index in [0.717, 1.165) is 37.6 Å². The van der Waals surface area contributed by atoms with E-state index in [4.69, 9.17) is 0 Å². The van der Waals surface area contributed by atoms with Crippen LogP contribution in [0, 0.1) is 0 Å². The first-order valence-corrected chi connectivity index (χ1v) is 8.05. The number of urea groups is 1. The Hall–Kier alpha value is -1.60. The fourth-order valence-corrected chi connectivity index (χ4v) is 2.90. The quantitative estimate of drug-likeness (QED) is 0.842. The van der Waals surface area contributed by atoms with Crippen molar-refractivity contribution in [1.82, 2.24) is 20.4 Å². The van der Waals surface area contributed by atoms with Gasteiger partial charge in [0.2, 0.25) is 5.91 Å². The lowest BCUT2D eigenvalue weighted by Crippen LogP contribution is -2.50. The van der Waals surface area contributed by atoms with E-state index in [2.05, 4.69) is 15.5 Å². The monoisotopic (exact) mass is 310 g/mol. The second-order valence-electron chi connectivity index (χ2n) is 5.04. The van der Waals surface area contributed by atoms with Crippen LogP contribution in [0.3, 0.4) is 0 Å². The SMILES string of the molecule is CC(=O)N1CCN(CCNC(=O)NCc2cccs2)CC1. The van der Waals surface area contributed by atoms with Gasteiger partial charge >= 0.3 is 6.03 Å². The summed E-state index contributed by atoms with van der Waals surface area (Å²) in [4.78, 5) is 28.1. The summed E-state index contributed by atoms with van der Waals surface area (Å²) >= 11 is 1.63. The van der Waals surface area contributed by atoms with Gasteiger partial charge in [-0.15, -0.1) is 11.3 Å². The number of hydrogen-bond acceptors (Lipinski definition) is 4. The van der Waals surface area contributed by atoms with Crippen molar-refractivity contribution >= 4 is 23.3 Å². The Morgan fingerprint density at radius 1 is 1.24 bits per heavy atom. The van der Waals surface area contributed by atoms with E-state index in [1.165, 1.54) is 0 Å². The predicted molar refractivity (Wildman–Crippen MR) is 83.3 cm³/mol. The Balaban J connectivity index is 1.55. The molecule has 1 aromatic rings. The highest BCUT2D eigenvalue weighted by Crippen LogP contribution is 2.07. The molecule has 116 valence electrons. The number of piperazine rings is 1. The predicted octanol–water partition coefficient (Wildman–Crippen LogP) is 0.711. The van der Waals surface area contributed by atoms with Crippen LogP contribution in [0.25, 0.3) is 0 Å². The van der Waals surface area contributed by atoms with Crippen LogP contribution in [-0.4, -0.2) is 61.0 Å². The molecule has 0 radical (unpaired) electrons. The highest BCUT2D eigenvalue weighted by molar-refractivity contribution is 7.09. The highest BCUT2D eigenvalue weighted by Gasteiger charge is 2.17. The number of thiophene rings is 1. The minimum Gasteiger partial charge on any atom is -0.340 e. The van der Waals surface area contributed by atoms with Crippen molar-refractivity contribution in [3.63, 3.8) is 0 Å². The van der Waals surface area contributed by atoms with Crippen molar-refractivity contribution in [3.05, 3.63) is 22.4 Å². The average molecular weight is 310 g/mol. The molecule has 21 heavy (non-hydrogen) atoms.